The van der Waals surface area contributed by atoms with Crippen molar-refractivity contribution < 1.29 is 18.0 Å². The number of nitrogens with zero attached hydrogens (tertiary/aromatic N) is 3. The van der Waals surface area contributed by atoms with Gasteiger partial charge in [0.2, 0.25) is 21.8 Å². The molecule has 2 saturated heterocycles. The number of rotatable bonds is 5. The smallest absolute Gasteiger partial charge is 0.243 e. The van der Waals surface area contributed by atoms with E-state index in [1.54, 1.807) is 17.0 Å². The summed E-state index contributed by atoms with van der Waals surface area (Å²) in [6.45, 7) is 3.00. The summed E-state index contributed by atoms with van der Waals surface area (Å²) >= 11 is 0. The molecule has 1 N–H and O–H groups in total. The summed E-state index contributed by atoms with van der Waals surface area (Å²) in [5.74, 6) is -0.248. The molecule has 9 heteroatoms. The first kappa shape index (κ1) is 21.7. The van der Waals surface area contributed by atoms with E-state index < -0.39 is 10.0 Å². The highest BCUT2D eigenvalue weighted by Crippen LogP contribution is 2.20. The zero-order valence-corrected chi connectivity index (χ0v) is 17.8. The van der Waals surface area contributed by atoms with E-state index in [0.717, 1.165) is 25.7 Å². The number of nitrogens with one attached hydrogen (secondary N) is 1. The van der Waals surface area contributed by atoms with E-state index in [1.165, 1.54) is 16.4 Å². The number of anilines is 1. The van der Waals surface area contributed by atoms with Crippen molar-refractivity contribution in [3.8, 4) is 0 Å². The second kappa shape index (κ2) is 9.69. The molecule has 1 aromatic rings. The molecule has 0 spiro atoms. The molecule has 0 bridgehead atoms. The van der Waals surface area contributed by atoms with Gasteiger partial charge in [-0.25, -0.2) is 8.42 Å². The van der Waals surface area contributed by atoms with Gasteiger partial charge in [0.15, 0.2) is 0 Å². The SMILES string of the molecule is CN1CCN(S(=O)(=O)c2ccc(NC(=O)CN3CCCCCCC3=O)cc2)CC1. The number of sulfonamides is 1. The van der Waals surface area contributed by atoms with Crippen LogP contribution in [0, 0.1) is 0 Å². The molecule has 2 amide bonds. The molecule has 3 rings (SSSR count). The normalized spacial score (nSPS) is 20.2. The Morgan fingerprint density at radius 1 is 0.966 bits per heavy atom. The maximum absolute atomic E-state index is 12.8. The Morgan fingerprint density at radius 2 is 1.62 bits per heavy atom. The highest BCUT2D eigenvalue weighted by molar-refractivity contribution is 7.89. The first-order chi connectivity index (χ1) is 13.9. The van der Waals surface area contributed by atoms with Gasteiger partial charge in [-0.1, -0.05) is 12.8 Å². The summed E-state index contributed by atoms with van der Waals surface area (Å²) in [6, 6.07) is 6.22. The van der Waals surface area contributed by atoms with Gasteiger partial charge in [0, 0.05) is 44.8 Å². The third-order valence-electron chi connectivity index (χ3n) is 5.49. The second-order valence-corrected chi connectivity index (χ2v) is 9.70. The number of likely N-dealkylation sites (N-methyl/N-ethyl adjacent to an activating group) is 1. The molecule has 1 aromatic carbocycles. The molecule has 8 nitrogen and oxygen atoms in total. The van der Waals surface area contributed by atoms with E-state index >= 15 is 0 Å². The minimum absolute atomic E-state index is 0.0217. The topological polar surface area (TPSA) is 90.0 Å². The lowest BCUT2D eigenvalue weighted by Gasteiger charge is -2.31. The maximum Gasteiger partial charge on any atom is 0.243 e. The number of hydrogen-bond acceptors (Lipinski definition) is 5. The Balaban J connectivity index is 1.58. The van der Waals surface area contributed by atoms with Crippen LogP contribution in [0.1, 0.15) is 32.1 Å². The zero-order chi connectivity index (χ0) is 20.9. The second-order valence-electron chi connectivity index (χ2n) is 7.76. The Kier molecular flexibility index (Phi) is 7.26. The van der Waals surface area contributed by atoms with Crippen LogP contribution in [0.2, 0.25) is 0 Å². The molecule has 0 aromatic heterocycles. The van der Waals surface area contributed by atoms with Gasteiger partial charge < -0.3 is 15.1 Å². The van der Waals surface area contributed by atoms with Gasteiger partial charge in [0.05, 0.1) is 11.4 Å². The van der Waals surface area contributed by atoms with Gasteiger partial charge >= 0.3 is 0 Å². The molecule has 0 atom stereocenters. The quantitative estimate of drug-likeness (QED) is 0.774. The number of amides is 2. The maximum atomic E-state index is 12.8. The van der Waals surface area contributed by atoms with Crippen LogP contribution in [0.4, 0.5) is 5.69 Å². The molecule has 160 valence electrons. The highest BCUT2D eigenvalue weighted by atomic mass is 32.2. The van der Waals surface area contributed by atoms with Crippen LogP contribution in [-0.2, 0) is 19.6 Å². The van der Waals surface area contributed by atoms with Gasteiger partial charge in [-0.05, 0) is 44.2 Å². The fourth-order valence-corrected chi connectivity index (χ4v) is 5.07. The average Bonchev–Trinajstić information content (AvgIpc) is 2.68. The van der Waals surface area contributed by atoms with Crippen LogP contribution in [0.5, 0.6) is 0 Å². The monoisotopic (exact) mass is 422 g/mol. The van der Waals surface area contributed by atoms with E-state index in [9.17, 15) is 18.0 Å². The van der Waals surface area contributed by atoms with E-state index in [4.69, 9.17) is 0 Å². The first-order valence-electron chi connectivity index (χ1n) is 10.2. The summed E-state index contributed by atoms with van der Waals surface area (Å²) in [5, 5.41) is 2.76. The Morgan fingerprint density at radius 3 is 2.31 bits per heavy atom. The Labute approximate surface area is 172 Å². The molecule has 0 aliphatic carbocycles. The van der Waals surface area contributed by atoms with Gasteiger partial charge in [0.1, 0.15) is 0 Å². The fraction of sp³-hybridized carbons (Fsp3) is 0.600. The van der Waals surface area contributed by atoms with Crippen LogP contribution < -0.4 is 5.32 Å². The van der Waals surface area contributed by atoms with Crippen molar-refractivity contribution in [1.82, 2.24) is 14.1 Å². The highest BCUT2D eigenvalue weighted by Gasteiger charge is 2.27. The van der Waals surface area contributed by atoms with Crippen LogP contribution >= 0.6 is 0 Å². The van der Waals surface area contributed by atoms with E-state index in [0.29, 0.717) is 44.8 Å². The number of carbonyl (C=O) groups is 2. The molecule has 0 unspecified atom stereocenters. The molecular formula is C20H30N4O4S. The predicted molar refractivity (Wildman–Crippen MR) is 111 cm³/mol. The van der Waals surface area contributed by atoms with Gasteiger partial charge in [-0.3, -0.25) is 9.59 Å². The lowest BCUT2D eigenvalue weighted by Crippen LogP contribution is -2.46. The molecule has 0 saturated carbocycles. The van der Waals surface area contributed by atoms with Crippen molar-refractivity contribution in [3.05, 3.63) is 24.3 Å². The number of likely N-dealkylation sites (tertiary alicyclic amines) is 1. The molecule has 0 radical (unpaired) electrons. The van der Waals surface area contributed by atoms with Crippen molar-refractivity contribution in [2.45, 2.75) is 37.0 Å². The number of carbonyl (C=O) groups excluding carboxylic acids is 2. The minimum atomic E-state index is -3.53. The van der Waals surface area contributed by atoms with Crippen molar-refractivity contribution in [2.75, 3.05) is 51.6 Å². The van der Waals surface area contributed by atoms with Gasteiger partial charge in [-0.15, -0.1) is 0 Å². The molecular weight excluding hydrogens is 392 g/mol. The van der Waals surface area contributed by atoms with Crippen LogP contribution in [0.3, 0.4) is 0 Å². The van der Waals surface area contributed by atoms with Crippen molar-refractivity contribution in [1.29, 1.82) is 0 Å². The lowest BCUT2D eigenvalue weighted by atomic mass is 10.1. The van der Waals surface area contributed by atoms with E-state index in [2.05, 4.69) is 10.2 Å². The van der Waals surface area contributed by atoms with Crippen LogP contribution in [0.25, 0.3) is 0 Å². The van der Waals surface area contributed by atoms with Crippen molar-refractivity contribution >= 4 is 27.5 Å². The molecule has 29 heavy (non-hydrogen) atoms. The lowest BCUT2D eigenvalue weighted by molar-refractivity contribution is -0.135. The largest absolute Gasteiger partial charge is 0.333 e. The van der Waals surface area contributed by atoms with Gasteiger partial charge in [0.25, 0.3) is 0 Å². The standard InChI is InChI=1S/C20H30N4O4S/c1-22-12-14-24(15-13-22)29(27,28)18-9-7-17(8-10-18)21-19(25)16-23-11-5-3-2-4-6-20(23)26/h7-10H,2-6,11-16H2,1H3,(H,21,25). The summed E-state index contributed by atoms with van der Waals surface area (Å²) in [7, 11) is -1.55. The number of hydrogen-bond donors (Lipinski definition) is 1. The Hall–Kier alpha value is -1.97. The summed E-state index contributed by atoms with van der Waals surface area (Å²) in [5.41, 5.74) is 0.520. The summed E-state index contributed by atoms with van der Waals surface area (Å²) in [4.78, 5) is 28.4. The third-order valence-corrected chi connectivity index (χ3v) is 7.41. The van der Waals surface area contributed by atoms with E-state index in [-0.39, 0.29) is 23.3 Å². The minimum Gasteiger partial charge on any atom is -0.333 e. The zero-order valence-electron chi connectivity index (χ0n) is 17.0. The number of benzene rings is 1. The van der Waals surface area contributed by atoms with Crippen LogP contribution in [0.15, 0.2) is 29.2 Å². The molecule has 2 aliphatic rings. The van der Waals surface area contributed by atoms with Gasteiger partial charge in [-0.2, -0.15) is 4.31 Å². The van der Waals surface area contributed by atoms with Crippen molar-refractivity contribution in [3.63, 3.8) is 0 Å². The fourth-order valence-electron chi connectivity index (χ4n) is 3.64. The van der Waals surface area contributed by atoms with Crippen LogP contribution in [-0.4, -0.2) is 80.7 Å². The summed E-state index contributed by atoms with van der Waals surface area (Å²) < 4.78 is 27.0. The third kappa shape index (κ3) is 5.77. The molecule has 2 fully saturated rings. The molecule has 2 heterocycles. The average molecular weight is 423 g/mol. The predicted octanol–water partition coefficient (Wildman–Crippen LogP) is 1.35. The molecule has 2 aliphatic heterocycles. The van der Waals surface area contributed by atoms with E-state index in [1.807, 2.05) is 7.05 Å². The summed E-state index contributed by atoms with van der Waals surface area (Å²) in [6.07, 6.45) is 4.42. The first-order valence-corrected chi connectivity index (χ1v) is 11.7. The van der Waals surface area contributed by atoms with Crippen molar-refractivity contribution in [2.24, 2.45) is 0 Å². The Bertz CT molecular complexity index is 817. The number of piperazine rings is 1.